The van der Waals surface area contributed by atoms with Crippen molar-refractivity contribution in [3.05, 3.63) is 126 Å². The lowest BCUT2D eigenvalue weighted by Gasteiger charge is -2.32. The number of ether oxygens (including phenoxy) is 2. The molecule has 0 atom stereocenters. The Bertz CT molecular complexity index is 2270. The molecule has 4 heterocycles. The Morgan fingerprint density at radius 1 is 0.863 bits per heavy atom. The van der Waals surface area contributed by atoms with Crippen LogP contribution in [0.15, 0.2) is 108 Å². The molecule has 2 fully saturated rings. The number of hydrogen-bond donors (Lipinski definition) is 0. The maximum Gasteiger partial charge on any atom is 0.410 e. The molecule has 2 aliphatic rings. The number of carbonyl (C=O) groups is 1. The first-order chi connectivity index (χ1) is 24.9. The summed E-state index contributed by atoms with van der Waals surface area (Å²) in [5.74, 6) is 0.154. The minimum absolute atomic E-state index is 0.163. The zero-order chi connectivity index (χ0) is 35.0. The fourth-order valence-corrected chi connectivity index (χ4v) is 8.94. The summed E-state index contributed by atoms with van der Waals surface area (Å²) in [7, 11) is -3.96. The normalized spacial score (nSPS) is 16.2. The summed E-state index contributed by atoms with van der Waals surface area (Å²) in [4.78, 5) is 14.9. The molecule has 2 aromatic heterocycles. The van der Waals surface area contributed by atoms with E-state index in [2.05, 4.69) is 9.67 Å². The van der Waals surface area contributed by atoms with E-state index >= 15 is 0 Å². The van der Waals surface area contributed by atoms with Crippen molar-refractivity contribution in [3.63, 3.8) is 0 Å². The molecular weight excluding hydrogens is 668 g/mol. The third kappa shape index (κ3) is 6.52. The molecule has 0 bridgehead atoms. The first kappa shape index (κ1) is 33.2. The predicted octanol–water partition coefficient (Wildman–Crippen LogP) is 7.84. The number of piperidine rings is 1. The fraction of sp³-hybridized carbons (Fsp3) is 0.300. The molecule has 1 amide bonds. The standard InChI is InChI=1S/C40H39FN4O5S/c41-32-11-13-33(14-12-32)44-38-24-31-26-42-45(51(47,48)34-9-5-2-6-10-34)37(31)25-35(38)36(39(44)30-17-21-49-22-18-30)23-28-15-19-43(20-16-28)40(46)50-27-29-7-3-1-4-8-29/h1-14,24-26,28,30H,15-23,27H2. The van der Waals surface area contributed by atoms with E-state index in [4.69, 9.17) is 9.47 Å². The lowest BCUT2D eigenvalue weighted by Crippen LogP contribution is -2.39. The van der Waals surface area contributed by atoms with E-state index in [-0.39, 0.29) is 35.2 Å². The highest BCUT2D eigenvalue weighted by Gasteiger charge is 2.32. The zero-order valence-electron chi connectivity index (χ0n) is 28.2. The number of nitrogens with zero attached hydrogens (tertiary/aromatic N) is 4. The molecule has 9 nitrogen and oxygen atoms in total. The van der Waals surface area contributed by atoms with Crippen LogP contribution in [0, 0.1) is 11.7 Å². The molecule has 4 aromatic carbocycles. The maximum atomic E-state index is 14.2. The van der Waals surface area contributed by atoms with Gasteiger partial charge in [0.15, 0.2) is 0 Å². The molecule has 2 saturated heterocycles. The molecule has 262 valence electrons. The van der Waals surface area contributed by atoms with Crippen molar-refractivity contribution in [2.24, 2.45) is 5.92 Å². The van der Waals surface area contributed by atoms with Gasteiger partial charge in [-0.05, 0) is 97.7 Å². The summed E-state index contributed by atoms with van der Waals surface area (Å²) in [6, 6.07) is 28.5. The largest absolute Gasteiger partial charge is 0.445 e. The Morgan fingerprint density at radius 3 is 2.25 bits per heavy atom. The molecule has 0 radical (unpaired) electrons. The van der Waals surface area contributed by atoms with Gasteiger partial charge < -0.3 is 18.9 Å². The molecule has 11 heteroatoms. The summed E-state index contributed by atoms with van der Waals surface area (Å²) in [6.07, 6.45) is 5.33. The van der Waals surface area contributed by atoms with Crippen molar-refractivity contribution in [3.8, 4) is 5.69 Å². The van der Waals surface area contributed by atoms with E-state index in [0.717, 1.165) is 69.6 Å². The Hall–Kier alpha value is -5.00. The molecular formula is C40H39FN4O5S. The minimum Gasteiger partial charge on any atom is -0.445 e. The van der Waals surface area contributed by atoms with Gasteiger partial charge in [0.25, 0.3) is 10.0 Å². The van der Waals surface area contributed by atoms with Crippen LogP contribution in [0.1, 0.15) is 48.4 Å². The Balaban J connectivity index is 1.19. The maximum absolute atomic E-state index is 14.2. The molecule has 0 N–H and O–H groups in total. The number of amides is 1. The van der Waals surface area contributed by atoms with Gasteiger partial charge in [-0.25, -0.2) is 9.18 Å². The van der Waals surface area contributed by atoms with Crippen LogP contribution in [0.25, 0.3) is 27.5 Å². The molecule has 0 spiro atoms. The molecule has 0 saturated carbocycles. The molecule has 0 aliphatic carbocycles. The summed E-state index contributed by atoms with van der Waals surface area (Å²) in [6.45, 7) is 2.71. The van der Waals surface area contributed by atoms with Gasteiger partial charge in [-0.2, -0.15) is 17.6 Å². The van der Waals surface area contributed by atoms with Crippen LogP contribution in [-0.4, -0.2) is 59.5 Å². The van der Waals surface area contributed by atoms with Gasteiger partial charge in [0.05, 0.1) is 22.1 Å². The molecule has 0 unspecified atom stereocenters. The second-order valence-electron chi connectivity index (χ2n) is 13.5. The smallest absolute Gasteiger partial charge is 0.410 e. The summed E-state index contributed by atoms with van der Waals surface area (Å²) < 4.78 is 56.7. The number of fused-ring (bicyclic) bond motifs is 2. The minimum atomic E-state index is -3.96. The average Bonchev–Trinajstić information content (AvgIpc) is 3.73. The van der Waals surface area contributed by atoms with Crippen molar-refractivity contribution >= 4 is 37.9 Å². The molecule has 2 aliphatic heterocycles. The highest BCUT2D eigenvalue weighted by molar-refractivity contribution is 7.90. The number of benzene rings is 4. The van der Waals surface area contributed by atoms with Crippen LogP contribution < -0.4 is 0 Å². The summed E-state index contributed by atoms with van der Waals surface area (Å²) in [5.41, 5.74) is 5.52. The van der Waals surface area contributed by atoms with Gasteiger partial charge in [-0.1, -0.05) is 48.5 Å². The van der Waals surface area contributed by atoms with Gasteiger partial charge in [0, 0.05) is 54.4 Å². The lowest BCUT2D eigenvalue weighted by molar-refractivity contribution is 0.0817. The topological polar surface area (TPSA) is 95.7 Å². The number of carbonyl (C=O) groups excluding carboxylic acids is 1. The Kier molecular flexibility index (Phi) is 9.08. The van der Waals surface area contributed by atoms with Gasteiger partial charge in [0.1, 0.15) is 12.4 Å². The molecule has 51 heavy (non-hydrogen) atoms. The van der Waals surface area contributed by atoms with E-state index in [1.165, 1.54) is 12.1 Å². The van der Waals surface area contributed by atoms with Crippen molar-refractivity contribution in [2.75, 3.05) is 26.3 Å². The van der Waals surface area contributed by atoms with Gasteiger partial charge in [-0.3, -0.25) is 0 Å². The van der Waals surface area contributed by atoms with Crippen molar-refractivity contribution in [1.82, 2.24) is 18.7 Å². The van der Waals surface area contributed by atoms with Gasteiger partial charge in [0.2, 0.25) is 0 Å². The highest BCUT2D eigenvalue weighted by atomic mass is 32.2. The molecule has 8 rings (SSSR count). The fourth-order valence-electron chi connectivity index (χ4n) is 7.65. The SMILES string of the molecule is O=C(OCc1ccccc1)N1CCC(Cc2c(C3CCOCC3)n(-c3ccc(F)cc3)c3cc4cnn(S(=O)(=O)c5ccccc5)c4cc23)CC1. The number of hydrogen-bond acceptors (Lipinski definition) is 6. The highest BCUT2D eigenvalue weighted by Crippen LogP contribution is 2.42. The second-order valence-corrected chi connectivity index (χ2v) is 15.2. The monoisotopic (exact) mass is 706 g/mol. The van der Waals surface area contributed by atoms with Crippen LogP contribution in [0.4, 0.5) is 9.18 Å². The third-order valence-corrected chi connectivity index (χ3v) is 11.9. The van der Waals surface area contributed by atoms with Gasteiger partial charge >= 0.3 is 6.09 Å². The first-order valence-corrected chi connectivity index (χ1v) is 19.0. The Morgan fingerprint density at radius 2 is 1.55 bits per heavy atom. The van der Waals surface area contributed by atoms with Crippen LogP contribution in [0.3, 0.4) is 0 Å². The predicted molar refractivity (Wildman–Crippen MR) is 193 cm³/mol. The number of rotatable bonds is 8. The van der Waals surface area contributed by atoms with E-state index in [9.17, 15) is 17.6 Å². The summed E-state index contributed by atoms with van der Waals surface area (Å²) in [5, 5.41) is 6.02. The van der Waals surface area contributed by atoms with E-state index in [0.29, 0.717) is 37.2 Å². The van der Waals surface area contributed by atoms with Crippen LogP contribution in [-0.2, 0) is 32.5 Å². The lowest BCUT2D eigenvalue weighted by atomic mass is 9.85. The molecule has 6 aromatic rings. The summed E-state index contributed by atoms with van der Waals surface area (Å²) >= 11 is 0. The van der Waals surface area contributed by atoms with Crippen LogP contribution in [0.5, 0.6) is 0 Å². The average molecular weight is 707 g/mol. The van der Waals surface area contributed by atoms with Crippen molar-refractivity contribution in [2.45, 2.75) is 49.5 Å². The van der Waals surface area contributed by atoms with Gasteiger partial charge in [-0.15, -0.1) is 0 Å². The first-order valence-electron chi connectivity index (χ1n) is 17.5. The van der Waals surface area contributed by atoms with Crippen molar-refractivity contribution in [1.29, 1.82) is 0 Å². The van der Waals surface area contributed by atoms with Crippen LogP contribution >= 0.6 is 0 Å². The van der Waals surface area contributed by atoms with Crippen LogP contribution in [0.2, 0.25) is 0 Å². The quantitative estimate of drug-likeness (QED) is 0.160. The van der Waals surface area contributed by atoms with E-state index < -0.39 is 10.0 Å². The zero-order valence-corrected chi connectivity index (χ0v) is 29.0. The number of halogens is 1. The van der Waals surface area contributed by atoms with E-state index in [1.54, 1.807) is 53.6 Å². The Labute approximate surface area is 296 Å². The number of likely N-dealkylation sites (tertiary alicyclic amines) is 1. The number of aromatic nitrogens is 3. The van der Waals surface area contributed by atoms with E-state index in [1.807, 2.05) is 42.5 Å². The van der Waals surface area contributed by atoms with Crippen molar-refractivity contribution < 1.29 is 27.1 Å². The second kappa shape index (κ2) is 14.0. The third-order valence-electron chi connectivity index (χ3n) is 10.3.